The molecule has 2 amide bonds. The average Bonchev–Trinajstić information content (AvgIpc) is 3.58. The zero-order valence-corrected chi connectivity index (χ0v) is 33.9. The number of aryl methyl sites for hydroxylation is 3. The largest absolute Gasteiger partial charge is 0.469 e. The number of ether oxygens (including phenoxy) is 2. The maximum Gasteiger partial charge on any atom is 0.337 e. The summed E-state index contributed by atoms with van der Waals surface area (Å²) in [6.07, 6.45) is 7.18. The summed E-state index contributed by atoms with van der Waals surface area (Å²) in [5, 5.41) is 6.43. The molecule has 2 aliphatic carbocycles. The fraction of sp³-hybridized carbons (Fsp3) is 0.395. The number of benzene rings is 3. The molecule has 4 aromatic rings. The van der Waals surface area contributed by atoms with E-state index in [-0.39, 0.29) is 46.3 Å². The molecule has 0 spiro atoms. The van der Waals surface area contributed by atoms with E-state index < -0.39 is 15.9 Å². The fourth-order valence-electron chi connectivity index (χ4n) is 7.78. The molecule has 56 heavy (non-hydrogen) atoms. The zero-order chi connectivity index (χ0) is 40.0. The SMILES string of the molecule is COC(=O)c1ccc(CCc2ccc(NC(=O)c3c(NC(=O)c4cccc(S(=O)(=O)N(C(C)C)C5CCC(C(=O)OC)CC5)c4)sc4c3CCCC4)cc2)cc1. The second kappa shape index (κ2) is 18.0. The number of anilines is 2. The summed E-state index contributed by atoms with van der Waals surface area (Å²) >= 11 is 1.40. The number of carbonyl (C=O) groups excluding carboxylic acids is 4. The number of rotatable bonds is 13. The average molecular weight is 800 g/mol. The Bertz CT molecular complexity index is 2170. The molecule has 1 aromatic heterocycles. The summed E-state index contributed by atoms with van der Waals surface area (Å²) in [6.45, 7) is 3.66. The Kier molecular flexibility index (Phi) is 13.1. The second-order valence-electron chi connectivity index (χ2n) is 14.7. The number of hydrogen-bond donors (Lipinski definition) is 2. The Morgan fingerprint density at radius 1 is 0.786 bits per heavy atom. The van der Waals surface area contributed by atoms with Crippen LogP contribution in [0.2, 0.25) is 0 Å². The third-order valence-electron chi connectivity index (χ3n) is 10.7. The van der Waals surface area contributed by atoms with Gasteiger partial charge in [0.25, 0.3) is 11.8 Å². The van der Waals surface area contributed by atoms with Crippen LogP contribution in [0.1, 0.15) is 105 Å². The van der Waals surface area contributed by atoms with Crippen molar-refractivity contribution in [1.82, 2.24) is 4.31 Å². The van der Waals surface area contributed by atoms with E-state index in [4.69, 9.17) is 9.47 Å². The topological polar surface area (TPSA) is 148 Å². The molecule has 296 valence electrons. The molecule has 1 fully saturated rings. The molecule has 13 heteroatoms. The summed E-state index contributed by atoms with van der Waals surface area (Å²) in [5.74, 6) is -1.69. The van der Waals surface area contributed by atoms with Gasteiger partial charge >= 0.3 is 11.9 Å². The van der Waals surface area contributed by atoms with Gasteiger partial charge in [0, 0.05) is 28.2 Å². The first-order valence-corrected chi connectivity index (χ1v) is 21.4. The van der Waals surface area contributed by atoms with Crippen LogP contribution in [-0.2, 0) is 50.0 Å². The van der Waals surface area contributed by atoms with Crippen LogP contribution < -0.4 is 10.6 Å². The molecular formula is C43H49N3O8S2. The number of thiophene rings is 1. The zero-order valence-electron chi connectivity index (χ0n) is 32.3. The molecular weight excluding hydrogens is 751 g/mol. The number of amides is 2. The highest BCUT2D eigenvalue weighted by atomic mass is 32.2. The molecule has 0 unspecified atom stereocenters. The van der Waals surface area contributed by atoms with Gasteiger partial charge in [-0.1, -0.05) is 30.3 Å². The van der Waals surface area contributed by atoms with Crippen molar-refractivity contribution in [3.8, 4) is 0 Å². The standard InChI is InChI=1S/C43H49N3O8S2/c1-27(2)46(34-24-20-31(21-25-34)43(50)54-4)56(51,52)35-9-7-8-32(26-35)39(47)45-41-38(36-10-5-6-11-37(36)55-41)40(48)44-33-22-16-29(17-23-33)13-12-28-14-18-30(19-15-28)42(49)53-3/h7-9,14-19,22-23,26-27,31,34H,5-6,10-13,20-21,24-25H2,1-4H3,(H,44,48)(H,45,47). The number of sulfonamides is 1. The third kappa shape index (κ3) is 9.22. The van der Waals surface area contributed by atoms with Crippen molar-refractivity contribution < 1.29 is 37.1 Å². The predicted octanol–water partition coefficient (Wildman–Crippen LogP) is 7.83. The van der Waals surface area contributed by atoms with E-state index in [9.17, 15) is 27.6 Å². The summed E-state index contributed by atoms with van der Waals surface area (Å²) in [4.78, 5) is 52.7. The minimum atomic E-state index is -4.00. The van der Waals surface area contributed by atoms with E-state index in [0.717, 1.165) is 60.1 Å². The summed E-state index contributed by atoms with van der Waals surface area (Å²) in [7, 11) is -1.27. The number of nitrogens with one attached hydrogen (secondary N) is 2. The maximum absolute atomic E-state index is 14.1. The lowest BCUT2D eigenvalue weighted by Gasteiger charge is -2.37. The first-order valence-electron chi connectivity index (χ1n) is 19.1. The minimum absolute atomic E-state index is 0.0114. The molecule has 1 saturated carbocycles. The number of carbonyl (C=O) groups is 4. The fourth-order valence-corrected chi connectivity index (χ4v) is 11.0. The van der Waals surface area contributed by atoms with Crippen LogP contribution in [0, 0.1) is 5.92 Å². The molecule has 2 aliphatic rings. The van der Waals surface area contributed by atoms with Gasteiger partial charge < -0.3 is 20.1 Å². The summed E-state index contributed by atoms with van der Waals surface area (Å²) in [6, 6.07) is 20.4. The molecule has 0 radical (unpaired) electrons. The van der Waals surface area contributed by atoms with Gasteiger partial charge in [-0.15, -0.1) is 11.3 Å². The molecule has 11 nitrogen and oxygen atoms in total. The van der Waals surface area contributed by atoms with E-state index in [2.05, 4.69) is 10.6 Å². The Balaban J connectivity index is 1.15. The van der Waals surface area contributed by atoms with E-state index >= 15 is 0 Å². The van der Waals surface area contributed by atoms with Gasteiger partial charge in [-0.25, -0.2) is 13.2 Å². The van der Waals surface area contributed by atoms with Gasteiger partial charge in [-0.05, 0) is 137 Å². The van der Waals surface area contributed by atoms with Crippen molar-refractivity contribution in [3.63, 3.8) is 0 Å². The lowest BCUT2D eigenvalue weighted by atomic mass is 9.86. The van der Waals surface area contributed by atoms with Crippen LogP contribution in [0.15, 0.2) is 77.7 Å². The predicted molar refractivity (Wildman–Crippen MR) is 217 cm³/mol. The lowest BCUT2D eigenvalue weighted by Crippen LogP contribution is -2.46. The summed E-state index contributed by atoms with van der Waals surface area (Å²) in [5.41, 5.74) is 4.86. The number of methoxy groups -OCH3 is 2. The van der Waals surface area contributed by atoms with E-state index in [0.29, 0.717) is 47.5 Å². The molecule has 3 aromatic carbocycles. The van der Waals surface area contributed by atoms with Crippen LogP contribution in [0.4, 0.5) is 10.7 Å². The van der Waals surface area contributed by atoms with Gasteiger partial charge in [0.15, 0.2) is 0 Å². The quantitative estimate of drug-likeness (QED) is 0.130. The van der Waals surface area contributed by atoms with Crippen LogP contribution in [0.25, 0.3) is 0 Å². The number of nitrogens with zero attached hydrogens (tertiary/aromatic N) is 1. The Morgan fingerprint density at radius 3 is 2.05 bits per heavy atom. The van der Waals surface area contributed by atoms with Crippen molar-refractivity contribution in [2.45, 2.75) is 95.0 Å². The van der Waals surface area contributed by atoms with Crippen molar-refractivity contribution in [2.75, 3.05) is 24.9 Å². The van der Waals surface area contributed by atoms with Crippen LogP contribution in [-0.4, -0.2) is 62.8 Å². The van der Waals surface area contributed by atoms with Crippen LogP contribution >= 0.6 is 11.3 Å². The number of fused-ring (bicyclic) bond motifs is 1. The number of esters is 2. The van der Waals surface area contributed by atoms with E-state index in [1.165, 1.54) is 42.0 Å². The Morgan fingerprint density at radius 2 is 1.43 bits per heavy atom. The van der Waals surface area contributed by atoms with E-state index in [1.807, 2.05) is 50.2 Å². The van der Waals surface area contributed by atoms with Crippen molar-refractivity contribution >= 4 is 55.8 Å². The molecule has 0 saturated heterocycles. The highest BCUT2D eigenvalue weighted by Crippen LogP contribution is 2.39. The van der Waals surface area contributed by atoms with Gasteiger partial charge in [-0.3, -0.25) is 14.4 Å². The van der Waals surface area contributed by atoms with E-state index in [1.54, 1.807) is 24.3 Å². The molecule has 2 N–H and O–H groups in total. The first-order chi connectivity index (χ1) is 26.9. The Hall–Kier alpha value is -4.85. The first kappa shape index (κ1) is 40.8. The smallest absolute Gasteiger partial charge is 0.337 e. The van der Waals surface area contributed by atoms with Crippen LogP contribution in [0.5, 0.6) is 0 Å². The van der Waals surface area contributed by atoms with Crippen molar-refractivity contribution in [3.05, 3.63) is 111 Å². The Labute approximate surface area is 332 Å². The summed E-state index contributed by atoms with van der Waals surface area (Å²) < 4.78 is 39.4. The highest BCUT2D eigenvalue weighted by Gasteiger charge is 2.38. The maximum atomic E-state index is 14.1. The molecule has 0 aliphatic heterocycles. The highest BCUT2D eigenvalue weighted by molar-refractivity contribution is 7.89. The van der Waals surface area contributed by atoms with Gasteiger partial charge in [0.1, 0.15) is 5.00 Å². The molecule has 0 atom stereocenters. The van der Waals surface area contributed by atoms with Crippen molar-refractivity contribution in [1.29, 1.82) is 0 Å². The monoisotopic (exact) mass is 799 g/mol. The molecule has 0 bridgehead atoms. The second-order valence-corrected chi connectivity index (χ2v) is 17.6. The van der Waals surface area contributed by atoms with Gasteiger partial charge in [0.05, 0.1) is 36.2 Å². The normalized spacial score (nSPS) is 16.9. The van der Waals surface area contributed by atoms with Crippen molar-refractivity contribution in [2.24, 2.45) is 5.92 Å². The number of hydrogen-bond acceptors (Lipinski definition) is 9. The molecule has 6 rings (SSSR count). The third-order valence-corrected chi connectivity index (χ3v) is 14.0. The van der Waals surface area contributed by atoms with Gasteiger partial charge in [-0.2, -0.15) is 4.31 Å². The van der Waals surface area contributed by atoms with Crippen LogP contribution in [0.3, 0.4) is 0 Å². The molecule has 1 heterocycles. The van der Waals surface area contributed by atoms with Gasteiger partial charge in [0.2, 0.25) is 10.0 Å². The lowest BCUT2D eigenvalue weighted by molar-refractivity contribution is -0.146. The minimum Gasteiger partial charge on any atom is -0.469 e.